The molecule has 0 bridgehead atoms. The number of nitrogens with zero attached hydrogens (tertiary/aromatic N) is 2. The van der Waals surface area contributed by atoms with Gasteiger partial charge in [-0.25, -0.2) is 4.98 Å². The lowest BCUT2D eigenvalue weighted by Crippen LogP contribution is -2.41. The van der Waals surface area contributed by atoms with E-state index in [9.17, 15) is 18.0 Å². The van der Waals surface area contributed by atoms with Crippen molar-refractivity contribution in [1.29, 1.82) is 0 Å². The Labute approximate surface area is 227 Å². The van der Waals surface area contributed by atoms with Gasteiger partial charge in [-0.3, -0.25) is 9.89 Å². The van der Waals surface area contributed by atoms with Crippen LogP contribution >= 0.6 is 0 Å². The van der Waals surface area contributed by atoms with E-state index in [4.69, 9.17) is 9.41 Å². The number of nitrogens with one attached hydrogen (secondary N) is 1. The number of aromatic nitrogens is 3. The minimum absolute atomic E-state index is 0.0221. The van der Waals surface area contributed by atoms with Gasteiger partial charge in [-0.2, -0.15) is 18.3 Å². The molecule has 0 fully saturated rings. The van der Waals surface area contributed by atoms with Crippen molar-refractivity contribution >= 4 is 25.1 Å². The minimum atomic E-state index is -4.50. The zero-order valence-corrected chi connectivity index (χ0v) is 24.3. The highest BCUT2D eigenvalue weighted by Crippen LogP contribution is 2.40. The number of aromatic amines is 1. The van der Waals surface area contributed by atoms with Crippen LogP contribution in [-0.4, -0.2) is 29.3 Å². The van der Waals surface area contributed by atoms with Gasteiger partial charge in [-0.05, 0) is 73.4 Å². The Morgan fingerprint density at radius 3 is 2.44 bits per heavy atom. The smallest absolute Gasteiger partial charge is 0.409 e. The number of halogens is 3. The maximum Gasteiger partial charge on any atom is 0.416 e. The maximum absolute atomic E-state index is 13.1. The van der Waals surface area contributed by atoms with Crippen LogP contribution in [0.5, 0.6) is 0 Å². The number of benzene rings is 2. The molecule has 0 amide bonds. The van der Waals surface area contributed by atoms with E-state index in [1.54, 1.807) is 0 Å². The van der Waals surface area contributed by atoms with Crippen LogP contribution in [0.1, 0.15) is 66.5 Å². The molecule has 5 nitrogen and oxygen atoms in total. The van der Waals surface area contributed by atoms with Crippen molar-refractivity contribution in [3.8, 4) is 11.3 Å². The lowest BCUT2D eigenvalue weighted by atomic mass is 9.96. The molecule has 1 atom stereocenters. The van der Waals surface area contributed by atoms with Crippen molar-refractivity contribution in [2.75, 3.05) is 0 Å². The highest BCUT2D eigenvalue weighted by Gasteiger charge is 2.39. The molecular formula is C30H34F3N3O2Si. The van der Waals surface area contributed by atoms with E-state index in [1.807, 2.05) is 44.2 Å². The summed E-state index contributed by atoms with van der Waals surface area (Å²) >= 11 is 0. The highest BCUT2D eigenvalue weighted by atomic mass is 28.4. The van der Waals surface area contributed by atoms with Crippen LogP contribution in [0.4, 0.5) is 13.2 Å². The van der Waals surface area contributed by atoms with E-state index >= 15 is 0 Å². The fourth-order valence-electron chi connectivity index (χ4n) is 4.27. The fraction of sp³-hybridized carbons (Fsp3) is 0.367. The van der Waals surface area contributed by atoms with Crippen molar-refractivity contribution in [1.82, 2.24) is 15.2 Å². The molecule has 4 rings (SSSR count). The summed E-state index contributed by atoms with van der Waals surface area (Å²) in [5, 5.41) is 8.52. The number of H-pyrrole nitrogens is 1. The predicted octanol–water partition coefficient (Wildman–Crippen LogP) is 8.46. The van der Waals surface area contributed by atoms with Crippen molar-refractivity contribution in [3.05, 3.63) is 82.5 Å². The van der Waals surface area contributed by atoms with E-state index < -0.39 is 20.1 Å². The maximum atomic E-state index is 13.1. The molecule has 0 saturated carbocycles. The van der Waals surface area contributed by atoms with Crippen molar-refractivity contribution in [2.45, 2.75) is 71.5 Å². The number of carbonyl (C=O) groups is 1. The molecule has 2 heterocycles. The molecule has 0 aliphatic carbocycles. The fourth-order valence-corrected chi connectivity index (χ4v) is 5.62. The molecule has 0 aliphatic heterocycles. The Morgan fingerprint density at radius 2 is 1.77 bits per heavy atom. The molecule has 1 N–H and O–H groups in total. The van der Waals surface area contributed by atoms with Crippen molar-refractivity contribution in [2.24, 2.45) is 0 Å². The quantitative estimate of drug-likeness (QED) is 0.184. The second-order valence-electron chi connectivity index (χ2n) is 11.6. The summed E-state index contributed by atoms with van der Waals surface area (Å²) in [6.45, 7) is 15.0. The van der Waals surface area contributed by atoms with Gasteiger partial charge in [0.25, 0.3) is 0 Å². The van der Waals surface area contributed by atoms with Gasteiger partial charge in [0.2, 0.25) is 0 Å². The van der Waals surface area contributed by atoms with Gasteiger partial charge in [0.05, 0.1) is 23.1 Å². The lowest BCUT2D eigenvalue weighted by molar-refractivity contribution is -0.137. The molecule has 4 aromatic rings. The molecule has 0 saturated heterocycles. The van der Waals surface area contributed by atoms with Crippen LogP contribution in [0.3, 0.4) is 0 Å². The van der Waals surface area contributed by atoms with Crippen LogP contribution in [0.15, 0.2) is 54.6 Å². The SMILES string of the molecule is Cc1ccc(CC(=O)c2cccc(C(F)(F)F)c2)cc1-c1ccc2c([C@@H](C)O[Si](C)(C)C(C)(C)C)[nH]nc2n1. The van der Waals surface area contributed by atoms with Gasteiger partial charge in [0.15, 0.2) is 19.7 Å². The van der Waals surface area contributed by atoms with E-state index in [-0.39, 0.29) is 28.9 Å². The summed E-state index contributed by atoms with van der Waals surface area (Å²) in [4.78, 5) is 17.6. The summed E-state index contributed by atoms with van der Waals surface area (Å²) in [6, 6.07) is 14.0. The van der Waals surface area contributed by atoms with E-state index in [1.165, 1.54) is 12.1 Å². The molecule has 0 spiro atoms. The number of hydrogen-bond acceptors (Lipinski definition) is 4. The third-order valence-corrected chi connectivity index (χ3v) is 12.1. The summed E-state index contributed by atoms with van der Waals surface area (Å²) in [5.41, 5.74) is 3.83. The monoisotopic (exact) mass is 553 g/mol. The average Bonchev–Trinajstić information content (AvgIpc) is 3.27. The Kier molecular flexibility index (Phi) is 7.62. The van der Waals surface area contributed by atoms with Crippen LogP contribution < -0.4 is 0 Å². The first-order valence-corrected chi connectivity index (χ1v) is 15.8. The van der Waals surface area contributed by atoms with Crippen molar-refractivity contribution < 1.29 is 22.4 Å². The van der Waals surface area contributed by atoms with Crippen LogP contribution in [0.2, 0.25) is 18.1 Å². The molecule has 39 heavy (non-hydrogen) atoms. The Morgan fingerprint density at radius 1 is 1.05 bits per heavy atom. The number of Topliss-reactive ketones (excluding diaryl/α,β-unsaturated/α-hetero) is 1. The van der Waals surface area contributed by atoms with Crippen LogP contribution in [0.25, 0.3) is 22.3 Å². The summed E-state index contributed by atoms with van der Waals surface area (Å²) in [6.07, 6.45) is -4.69. The van der Waals surface area contributed by atoms with E-state index in [2.05, 4.69) is 44.1 Å². The zero-order chi connectivity index (χ0) is 28.8. The summed E-state index contributed by atoms with van der Waals surface area (Å²) < 4.78 is 45.8. The standard InChI is InChI=1S/C30H34F3N3O2Si/c1-18-11-12-20(16-26(37)21-9-8-10-22(17-21)30(31,32)33)15-24(18)25-14-13-23-27(35-36-28(23)34-25)19(2)38-39(6,7)29(3,4)5/h8-15,17,19H,16H2,1-7H3,(H,34,35,36)/t19-/m1/s1. The largest absolute Gasteiger partial charge is 0.416 e. The topological polar surface area (TPSA) is 67.9 Å². The molecule has 0 unspecified atom stereocenters. The molecule has 2 aromatic heterocycles. The van der Waals surface area contributed by atoms with E-state index in [0.717, 1.165) is 34.3 Å². The van der Waals surface area contributed by atoms with Gasteiger partial charge in [-0.15, -0.1) is 0 Å². The number of alkyl halides is 3. The van der Waals surface area contributed by atoms with Gasteiger partial charge in [0.1, 0.15) is 0 Å². The highest BCUT2D eigenvalue weighted by molar-refractivity contribution is 6.74. The second-order valence-corrected chi connectivity index (χ2v) is 16.3. The first kappa shape index (κ1) is 28.7. The third-order valence-electron chi connectivity index (χ3n) is 7.59. The number of rotatable bonds is 7. The van der Waals surface area contributed by atoms with Gasteiger partial charge < -0.3 is 4.43 Å². The normalized spacial score (nSPS) is 13.6. The average molecular weight is 554 g/mol. The summed E-state index contributed by atoms with van der Waals surface area (Å²) in [5.74, 6) is -0.382. The molecule has 0 aliphatic rings. The second kappa shape index (κ2) is 10.4. The van der Waals surface area contributed by atoms with Crippen molar-refractivity contribution in [3.63, 3.8) is 0 Å². The molecule has 206 valence electrons. The van der Waals surface area contributed by atoms with Crippen LogP contribution in [0, 0.1) is 6.92 Å². The Hall–Kier alpha value is -3.30. The first-order valence-electron chi connectivity index (χ1n) is 12.9. The number of hydrogen-bond donors (Lipinski definition) is 1. The number of fused-ring (bicyclic) bond motifs is 1. The predicted molar refractivity (Wildman–Crippen MR) is 150 cm³/mol. The number of aryl methyl sites for hydroxylation is 1. The molecular weight excluding hydrogens is 519 g/mol. The molecule has 0 radical (unpaired) electrons. The summed E-state index contributed by atoms with van der Waals surface area (Å²) in [7, 11) is -1.99. The van der Waals surface area contributed by atoms with E-state index in [0.29, 0.717) is 16.9 Å². The Bertz CT molecular complexity index is 1520. The third kappa shape index (κ3) is 6.14. The van der Waals surface area contributed by atoms with Gasteiger partial charge >= 0.3 is 6.18 Å². The molecule has 2 aromatic carbocycles. The molecule has 9 heteroatoms. The minimum Gasteiger partial charge on any atom is -0.409 e. The van der Waals surface area contributed by atoms with Gasteiger partial charge in [0, 0.05) is 22.9 Å². The number of pyridine rings is 1. The first-order chi connectivity index (χ1) is 18.1. The Balaban J connectivity index is 1.59. The number of ketones is 1. The van der Waals surface area contributed by atoms with Crippen LogP contribution in [-0.2, 0) is 17.0 Å². The lowest BCUT2D eigenvalue weighted by Gasteiger charge is -2.38. The van der Waals surface area contributed by atoms with Gasteiger partial charge in [-0.1, -0.05) is 45.0 Å². The zero-order valence-electron chi connectivity index (χ0n) is 23.3. The number of carbonyl (C=O) groups excluding carboxylic acids is 1.